The summed E-state index contributed by atoms with van der Waals surface area (Å²) in [6.45, 7) is 1.60. The number of hydrogen-bond donors (Lipinski definition) is 1. The Kier molecular flexibility index (Phi) is 7.83. The maximum Gasteiger partial charge on any atom is 0.343 e. The SMILES string of the molecule is COc1ccc(C(=O)Oc2cccc(C=NNC(=O)C(C)Oc3cccc(Cl)c3)c2)cc1. The molecule has 0 aliphatic carbocycles. The molecule has 0 saturated carbocycles. The number of carbonyl (C=O) groups is 2. The van der Waals surface area contributed by atoms with E-state index in [-0.39, 0.29) is 0 Å². The second-order valence-corrected chi connectivity index (χ2v) is 7.08. The van der Waals surface area contributed by atoms with E-state index in [0.29, 0.717) is 33.4 Å². The largest absolute Gasteiger partial charge is 0.497 e. The van der Waals surface area contributed by atoms with Crippen LogP contribution in [0.15, 0.2) is 77.9 Å². The van der Waals surface area contributed by atoms with E-state index in [0.717, 1.165) is 0 Å². The molecule has 0 aliphatic rings. The number of hydrogen-bond acceptors (Lipinski definition) is 6. The quantitative estimate of drug-likeness (QED) is 0.235. The summed E-state index contributed by atoms with van der Waals surface area (Å²) < 4.78 is 16.0. The molecule has 0 bridgehead atoms. The van der Waals surface area contributed by atoms with E-state index in [4.69, 9.17) is 25.8 Å². The van der Waals surface area contributed by atoms with Gasteiger partial charge in [-0.05, 0) is 67.1 Å². The van der Waals surface area contributed by atoms with Crippen LogP contribution >= 0.6 is 11.6 Å². The molecule has 3 rings (SSSR count). The highest BCUT2D eigenvalue weighted by atomic mass is 35.5. The second-order valence-electron chi connectivity index (χ2n) is 6.64. The summed E-state index contributed by atoms with van der Waals surface area (Å²) in [5.74, 6) is 0.550. The first-order valence-corrected chi connectivity index (χ1v) is 10.0. The van der Waals surface area contributed by atoms with Crippen molar-refractivity contribution in [3.63, 3.8) is 0 Å². The van der Waals surface area contributed by atoms with Crippen LogP contribution in [-0.2, 0) is 4.79 Å². The molecule has 1 atom stereocenters. The van der Waals surface area contributed by atoms with Gasteiger partial charge in [-0.2, -0.15) is 5.10 Å². The Morgan fingerprint density at radius 2 is 1.69 bits per heavy atom. The fraction of sp³-hybridized carbons (Fsp3) is 0.125. The molecule has 3 aromatic rings. The lowest BCUT2D eigenvalue weighted by Crippen LogP contribution is -2.33. The van der Waals surface area contributed by atoms with E-state index in [9.17, 15) is 9.59 Å². The zero-order chi connectivity index (χ0) is 22.9. The topological polar surface area (TPSA) is 86.2 Å². The predicted molar refractivity (Wildman–Crippen MR) is 122 cm³/mol. The predicted octanol–water partition coefficient (Wildman–Crippen LogP) is 4.49. The van der Waals surface area contributed by atoms with Crippen LogP contribution in [0.2, 0.25) is 5.02 Å². The summed E-state index contributed by atoms with van der Waals surface area (Å²) in [4.78, 5) is 24.5. The van der Waals surface area contributed by atoms with Crippen molar-refractivity contribution in [2.24, 2.45) is 5.10 Å². The van der Waals surface area contributed by atoms with Gasteiger partial charge in [0.2, 0.25) is 0 Å². The number of esters is 1. The lowest BCUT2D eigenvalue weighted by molar-refractivity contribution is -0.127. The van der Waals surface area contributed by atoms with Gasteiger partial charge in [0.05, 0.1) is 18.9 Å². The Bertz CT molecular complexity index is 1120. The molecule has 3 aromatic carbocycles. The van der Waals surface area contributed by atoms with Crippen molar-refractivity contribution in [1.29, 1.82) is 0 Å². The standard InChI is InChI=1S/C24H21ClN2O5/c1-16(31-22-8-4-6-19(25)14-22)23(28)27-26-15-17-5-3-7-21(13-17)32-24(29)18-9-11-20(30-2)12-10-18/h3-16H,1-2H3,(H,27,28). The highest BCUT2D eigenvalue weighted by Gasteiger charge is 2.14. The van der Waals surface area contributed by atoms with Crippen LogP contribution < -0.4 is 19.6 Å². The molecule has 164 valence electrons. The van der Waals surface area contributed by atoms with Crippen molar-refractivity contribution in [1.82, 2.24) is 5.43 Å². The second kappa shape index (κ2) is 11.0. The number of nitrogens with zero attached hydrogens (tertiary/aromatic N) is 1. The van der Waals surface area contributed by atoms with Gasteiger partial charge in [0.25, 0.3) is 5.91 Å². The number of benzene rings is 3. The molecule has 0 spiro atoms. The molecule has 1 unspecified atom stereocenters. The number of carbonyl (C=O) groups excluding carboxylic acids is 2. The van der Waals surface area contributed by atoms with E-state index in [2.05, 4.69) is 10.5 Å². The Labute approximate surface area is 190 Å². The Morgan fingerprint density at radius 1 is 0.969 bits per heavy atom. The summed E-state index contributed by atoms with van der Waals surface area (Å²) in [5, 5.41) is 4.45. The first kappa shape index (κ1) is 22.8. The molecule has 0 saturated heterocycles. The van der Waals surface area contributed by atoms with Crippen molar-refractivity contribution < 1.29 is 23.8 Å². The molecular weight excluding hydrogens is 432 g/mol. The third kappa shape index (κ3) is 6.58. The average Bonchev–Trinajstić information content (AvgIpc) is 2.79. The Hall–Kier alpha value is -3.84. The Morgan fingerprint density at radius 3 is 2.41 bits per heavy atom. The summed E-state index contributed by atoms with van der Waals surface area (Å²) in [6.07, 6.45) is 0.664. The van der Waals surface area contributed by atoms with Crippen LogP contribution in [0, 0.1) is 0 Å². The number of nitrogens with one attached hydrogen (secondary N) is 1. The first-order chi connectivity index (χ1) is 15.4. The molecule has 0 heterocycles. The van der Waals surface area contributed by atoms with Crippen molar-refractivity contribution in [3.05, 3.63) is 88.9 Å². The van der Waals surface area contributed by atoms with Gasteiger partial charge in [0.15, 0.2) is 6.10 Å². The van der Waals surface area contributed by atoms with Gasteiger partial charge in [-0.25, -0.2) is 10.2 Å². The van der Waals surface area contributed by atoms with Crippen LogP contribution in [0.5, 0.6) is 17.2 Å². The molecule has 32 heavy (non-hydrogen) atoms. The minimum atomic E-state index is -0.776. The number of rotatable bonds is 8. The van der Waals surface area contributed by atoms with Gasteiger partial charge in [-0.15, -0.1) is 0 Å². The highest BCUT2D eigenvalue weighted by molar-refractivity contribution is 6.30. The summed E-state index contributed by atoms with van der Waals surface area (Å²) in [7, 11) is 1.55. The van der Waals surface area contributed by atoms with Crippen molar-refractivity contribution in [2.75, 3.05) is 7.11 Å². The monoisotopic (exact) mass is 452 g/mol. The molecule has 1 N–H and O–H groups in total. The zero-order valence-corrected chi connectivity index (χ0v) is 18.2. The van der Waals surface area contributed by atoms with E-state index in [1.165, 1.54) is 6.21 Å². The summed E-state index contributed by atoms with van der Waals surface area (Å²) >= 11 is 5.91. The molecule has 0 radical (unpaired) electrons. The smallest absolute Gasteiger partial charge is 0.343 e. The summed E-state index contributed by atoms with van der Waals surface area (Å²) in [6, 6.07) is 20.1. The first-order valence-electron chi connectivity index (χ1n) is 9.66. The summed E-state index contributed by atoms with van der Waals surface area (Å²) in [5.41, 5.74) is 3.44. The maximum absolute atomic E-state index is 12.3. The minimum Gasteiger partial charge on any atom is -0.497 e. The number of halogens is 1. The van der Waals surface area contributed by atoms with Crippen molar-refractivity contribution in [2.45, 2.75) is 13.0 Å². The number of hydrazone groups is 1. The van der Waals surface area contributed by atoms with Gasteiger partial charge in [0, 0.05) is 5.02 Å². The van der Waals surface area contributed by atoms with Gasteiger partial charge < -0.3 is 14.2 Å². The zero-order valence-electron chi connectivity index (χ0n) is 17.4. The van der Waals surface area contributed by atoms with Crippen LogP contribution in [0.4, 0.5) is 0 Å². The maximum atomic E-state index is 12.3. The Balaban J connectivity index is 1.55. The van der Waals surface area contributed by atoms with Gasteiger partial charge in [-0.3, -0.25) is 4.79 Å². The molecule has 8 heteroatoms. The van der Waals surface area contributed by atoms with Crippen LogP contribution in [-0.4, -0.2) is 31.3 Å². The highest BCUT2D eigenvalue weighted by Crippen LogP contribution is 2.19. The van der Waals surface area contributed by atoms with Gasteiger partial charge in [-0.1, -0.05) is 29.8 Å². The molecule has 0 fully saturated rings. The molecule has 7 nitrogen and oxygen atoms in total. The lowest BCUT2D eigenvalue weighted by atomic mass is 10.2. The van der Waals surface area contributed by atoms with Gasteiger partial charge >= 0.3 is 5.97 Å². The normalized spacial score (nSPS) is 11.6. The van der Waals surface area contributed by atoms with Crippen LogP contribution in [0.25, 0.3) is 0 Å². The number of ether oxygens (including phenoxy) is 3. The van der Waals surface area contributed by atoms with Crippen molar-refractivity contribution in [3.8, 4) is 17.2 Å². The molecule has 1 amide bonds. The molecule has 0 aliphatic heterocycles. The minimum absolute atomic E-state index is 0.346. The third-order valence-electron chi connectivity index (χ3n) is 4.26. The lowest BCUT2D eigenvalue weighted by Gasteiger charge is -2.12. The van der Waals surface area contributed by atoms with E-state index < -0.39 is 18.0 Å². The van der Waals surface area contributed by atoms with Crippen LogP contribution in [0.3, 0.4) is 0 Å². The van der Waals surface area contributed by atoms with Crippen molar-refractivity contribution >= 4 is 29.7 Å². The number of methoxy groups -OCH3 is 1. The van der Waals surface area contributed by atoms with E-state index in [1.807, 2.05) is 0 Å². The molecule has 0 aromatic heterocycles. The number of amides is 1. The third-order valence-corrected chi connectivity index (χ3v) is 4.50. The van der Waals surface area contributed by atoms with E-state index >= 15 is 0 Å². The van der Waals surface area contributed by atoms with Gasteiger partial charge in [0.1, 0.15) is 17.2 Å². The molecular formula is C24H21ClN2O5. The van der Waals surface area contributed by atoms with E-state index in [1.54, 1.807) is 86.8 Å². The fourth-order valence-corrected chi connectivity index (χ4v) is 2.79. The van der Waals surface area contributed by atoms with Crippen LogP contribution in [0.1, 0.15) is 22.8 Å². The fourth-order valence-electron chi connectivity index (χ4n) is 2.61. The average molecular weight is 453 g/mol.